The normalized spacial score (nSPS) is 15.4. The van der Waals surface area contributed by atoms with Gasteiger partial charge in [-0.3, -0.25) is 4.57 Å². The van der Waals surface area contributed by atoms with E-state index in [4.69, 9.17) is 0 Å². The molecule has 0 saturated carbocycles. The molecule has 0 aliphatic carbocycles. The third-order valence-corrected chi connectivity index (χ3v) is 3.59. The highest BCUT2D eigenvalue weighted by Crippen LogP contribution is 2.49. The Kier molecular flexibility index (Phi) is 8.50. The maximum atomic E-state index is 13.0. The standard InChI is InChI=1S/C10H22FO2P/c1-3-5-6-7-8-9-10-14(11,12)13-4-2/h3-10H2,1-2H3. The van der Waals surface area contributed by atoms with Crippen LogP contribution in [0, 0.1) is 0 Å². The van der Waals surface area contributed by atoms with E-state index in [-0.39, 0.29) is 12.8 Å². The maximum absolute atomic E-state index is 13.0. The van der Waals surface area contributed by atoms with E-state index < -0.39 is 7.68 Å². The van der Waals surface area contributed by atoms with Crippen molar-refractivity contribution >= 4 is 7.68 Å². The predicted octanol–water partition coefficient (Wildman–Crippen LogP) is 4.55. The lowest BCUT2D eigenvalue weighted by atomic mass is 10.1. The minimum atomic E-state index is -3.75. The molecule has 0 heterocycles. The van der Waals surface area contributed by atoms with Gasteiger partial charge < -0.3 is 4.52 Å². The van der Waals surface area contributed by atoms with Crippen molar-refractivity contribution in [3.8, 4) is 0 Å². The van der Waals surface area contributed by atoms with Crippen molar-refractivity contribution < 1.29 is 13.3 Å². The SMILES string of the molecule is CCCCCCCCP(=O)(F)OCC. The molecule has 0 spiro atoms. The summed E-state index contributed by atoms with van der Waals surface area (Å²) in [4.78, 5) is 0. The molecular weight excluding hydrogens is 202 g/mol. The summed E-state index contributed by atoms with van der Waals surface area (Å²) in [6.45, 7) is 4.02. The highest BCUT2D eigenvalue weighted by atomic mass is 31.2. The summed E-state index contributed by atoms with van der Waals surface area (Å²) in [6, 6.07) is 0. The lowest BCUT2D eigenvalue weighted by molar-refractivity contribution is 0.303. The van der Waals surface area contributed by atoms with Crippen molar-refractivity contribution in [1.29, 1.82) is 0 Å². The van der Waals surface area contributed by atoms with Crippen LogP contribution < -0.4 is 0 Å². The Labute approximate surface area is 86.8 Å². The van der Waals surface area contributed by atoms with Crippen molar-refractivity contribution in [2.75, 3.05) is 12.8 Å². The first-order valence-corrected chi connectivity index (χ1v) is 7.25. The molecule has 1 atom stereocenters. The van der Waals surface area contributed by atoms with Crippen LogP contribution in [0.1, 0.15) is 52.4 Å². The fraction of sp³-hybridized carbons (Fsp3) is 1.00. The van der Waals surface area contributed by atoms with Gasteiger partial charge in [-0.15, -0.1) is 0 Å². The first-order chi connectivity index (χ1) is 6.62. The first-order valence-electron chi connectivity index (χ1n) is 5.55. The van der Waals surface area contributed by atoms with Crippen molar-refractivity contribution in [2.45, 2.75) is 52.4 Å². The Morgan fingerprint density at radius 3 is 2.21 bits per heavy atom. The first kappa shape index (κ1) is 14.1. The molecule has 0 amide bonds. The van der Waals surface area contributed by atoms with Crippen molar-refractivity contribution in [1.82, 2.24) is 0 Å². The fourth-order valence-electron chi connectivity index (χ4n) is 1.34. The van der Waals surface area contributed by atoms with E-state index >= 15 is 0 Å². The molecule has 0 aromatic heterocycles. The predicted molar refractivity (Wildman–Crippen MR) is 58.6 cm³/mol. The Morgan fingerprint density at radius 1 is 1.07 bits per heavy atom. The largest absolute Gasteiger partial charge is 0.367 e. The summed E-state index contributed by atoms with van der Waals surface area (Å²) in [5, 5.41) is 0. The summed E-state index contributed by atoms with van der Waals surface area (Å²) in [5.41, 5.74) is 0. The van der Waals surface area contributed by atoms with Gasteiger partial charge in [0, 0.05) is 0 Å². The van der Waals surface area contributed by atoms with E-state index in [1.165, 1.54) is 19.3 Å². The van der Waals surface area contributed by atoms with Gasteiger partial charge in [0.15, 0.2) is 0 Å². The summed E-state index contributed by atoms with van der Waals surface area (Å²) in [5.74, 6) is 0. The third kappa shape index (κ3) is 8.71. The number of halogens is 1. The van der Waals surface area contributed by atoms with Crippen molar-refractivity contribution in [3.63, 3.8) is 0 Å². The van der Waals surface area contributed by atoms with Crippen LogP contribution in [0.3, 0.4) is 0 Å². The van der Waals surface area contributed by atoms with Crippen LogP contribution in [0.25, 0.3) is 0 Å². The van der Waals surface area contributed by atoms with Crippen LogP contribution in [0.2, 0.25) is 0 Å². The zero-order chi connectivity index (χ0) is 10.9. The molecule has 0 rings (SSSR count). The molecule has 86 valence electrons. The Morgan fingerprint density at radius 2 is 1.64 bits per heavy atom. The van der Waals surface area contributed by atoms with Crippen molar-refractivity contribution in [2.24, 2.45) is 0 Å². The number of unbranched alkanes of at least 4 members (excludes halogenated alkanes) is 5. The van der Waals surface area contributed by atoms with E-state index in [0.29, 0.717) is 6.42 Å². The smallest absolute Gasteiger partial charge is 0.306 e. The van der Waals surface area contributed by atoms with Gasteiger partial charge in [0.2, 0.25) is 0 Å². The zero-order valence-corrected chi connectivity index (χ0v) is 10.2. The van der Waals surface area contributed by atoms with Gasteiger partial charge in [0.1, 0.15) is 0 Å². The van der Waals surface area contributed by atoms with Gasteiger partial charge >= 0.3 is 7.68 Å². The molecule has 0 fully saturated rings. The summed E-state index contributed by atoms with van der Waals surface area (Å²) in [6.07, 6.45) is 6.48. The van der Waals surface area contributed by atoms with Gasteiger partial charge in [-0.2, -0.15) is 4.20 Å². The summed E-state index contributed by atoms with van der Waals surface area (Å²) < 4.78 is 28.6. The molecule has 0 aliphatic rings. The molecule has 0 aliphatic heterocycles. The number of hydrogen-bond acceptors (Lipinski definition) is 2. The minimum Gasteiger partial charge on any atom is -0.306 e. The Bertz CT molecular complexity index is 174. The zero-order valence-electron chi connectivity index (χ0n) is 9.30. The molecule has 0 N–H and O–H groups in total. The second kappa shape index (κ2) is 8.43. The molecule has 0 saturated heterocycles. The van der Waals surface area contributed by atoms with E-state index in [1.807, 2.05) is 0 Å². The lowest BCUT2D eigenvalue weighted by Gasteiger charge is -2.07. The van der Waals surface area contributed by atoms with E-state index in [0.717, 1.165) is 12.8 Å². The average molecular weight is 224 g/mol. The molecule has 4 heteroatoms. The monoisotopic (exact) mass is 224 g/mol. The molecule has 0 aromatic rings. The molecule has 0 aromatic carbocycles. The van der Waals surface area contributed by atoms with Crippen molar-refractivity contribution in [3.05, 3.63) is 0 Å². The molecule has 0 radical (unpaired) electrons. The van der Waals surface area contributed by atoms with Crippen LogP contribution in [0.15, 0.2) is 0 Å². The van der Waals surface area contributed by atoms with Gasteiger partial charge in [-0.1, -0.05) is 39.0 Å². The lowest BCUT2D eigenvalue weighted by Crippen LogP contribution is -1.91. The molecule has 1 unspecified atom stereocenters. The minimum absolute atomic E-state index is 0.0902. The highest BCUT2D eigenvalue weighted by molar-refractivity contribution is 7.53. The van der Waals surface area contributed by atoms with Crippen LogP contribution in [-0.4, -0.2) is 12.8 Å². The second-order valence-electron chi connectivity index (χ2n) is 3.50. The average Bonchev–Trinajstić information content (AvgIpc) is 2.11. The van der Waals surface area contributed by atoms with E-state index in [2.05, 4.69) is 11.4 Å². The van der Waals surface area contributed by atoms with Crippen LogP contribution in [0.4, 0.5) is 4.20 Å². The summed E-state index contributed by atoms with van der Waals surface area (Å²) in [7, 11) is -3.75. The second-order valence-corrected chi connectivity index (χ2v) is 5.39. The quantitative estimate of drug-likeness (QED) is 0.424. The molecule has 14 heavy (non-hydrogen) atoms. The van der Waals surface area contributed by atoms with Gasteiger partial charge in [-0.25, -0.2) is 0 Å². The Balaban J connectivity index is 3.30. The van der Waals surface area contributed by atoms with Gasteiger partial charge in [0.05, 0.1) is 12.8 Å². The third-order valence-electron chi connectivity index (χ3n) is 2.10. The van der Waals surface area contributed by atoms with Crippen LogP contribution in [0.5, 0.6) is 0 Å². The fourth-order valence-corrected chi connectivity index (χ4v) is 2.45. The van der Waals surface area contributed by atoms with Crippen LogP contribution in [-0.2, 0) is 9.09 Å². The maximum Gasteiger partial charge on any atom is 0.367 e. The highest BCUT2D eigenvalue weighted by Gasteiger charge is 2.19. The van der Waals surface area contributed by atoms with Gasteiger partial charge in [0.25, 0.3) is 0 Å². The van der Waals surface area contributed by atoms with Crippen LogP contribution >= 0.6 is 7.68 Å². The molecular formula is C10H22FO2P. The molecule has 2 nitrogen and oxygen atoms in total. The topological polar surface area (TPSA) is 26.3 Å². The number of rotatable bonds is 9. The Hall–Kier alpha value is 0.120. The summed E-state index contributed by atoms with van der Waals surface area (Å²) >= 11 is 0. The number of hydrogen-bond donors (Lipinski definition) is 0. The van der Waals surface area contributed by atoms with E-state index in [9.17, 15) is 8.76 Å². The molecule has 0 bridgehead atoms. The van der Waals surface area contributed by atoms with Gasteiger partial charge in [-0.05, 0) is 13.3 Å². The van der Waals surface area contributed by atoms with E-state index in [1.54, 1.807) is 6.92 Å².